The van der Waals surface area contributed by atoms with Gasteiger partial charge in [-0.1, -0.05) is 48.0 Å². The van der Waals surface area contributed by atoms with Gasteiger partial charge in [0.15, 0.2) is 0 Å². The minimum Gasteiger partial charge on any atom is -0.308 e. The summed E-state index contributed by atoms with van der Waals surface area (Å²) < 4.78 is 2.15. The predicted molar refractivity (Wildman–Crippen MR) is 90.6 cm³/mol. The van der Waals surface area contributed by atoms with Crippen LogP contribution in [-0.4, -0.2) is 10.8 Å². The molecule has 3 aromatic rings. The lowest BCUT2D eigenvalue weighted by molar-refractivity contribution is 1.10. The number of nitrogens with zero attached hydrogens (tertiary/aromatic N) is 1. The Hall–Kier alpha value is -2.61. The van der Waals surface area contributed by atoms with E-state index in [1.54, 1.807) is 0 Å². The average Bonchev–Trinajstić information content (AvgIpc) is 2.83. The van der Waals surface area contributed by atoms with Crippen LogP contribution < -0.4 is 0 Å². The molecule has 2 aromatic carbocycles. The lowest BCUT2D eigenvalue weighted by Gasteiger charge is -2.09. The van der Waals surface area contributed by atoms with Crippen LogP contribution in [0, 0.1) is 12.3 Å². The third kappa shape index (κ3) is 2.19. The molecule has 2 heteroatoms. The predicted octanol–water partition coefficient (Wildman–Crippen LogP) is 4.97. The maximum atomic E-state index is 7.85. The summed E-state index contributed by atoms with van der Waals surface area (Å²) in [6.07, 6.45) is 5.54. The van der Waals surface area contributed by atoms with Gasteiger partial charge in [0, 0.05) is 22.9 Å². The molecule has 1 N–H and O–H groups in total. The Morgan fingerprint density at radius 1 is 1.00 bits per heavy atom. The van der Waals surface area contributed by atoms with Crippen molar-refractivity contribution in [3.63, 3.8) is 0 Å². The van der Waals surface area contributed by atoms with Crippen LogP contribution in [0.3, 0.4) is 0 Å². The van der Waals surface area contributed by atoms with E-state index in [-0.39, 0.29) is 0 Å². The van der Waals surface area contributed by atoms with Crippen molar-refractivity contribution in [1.29, 1.82) is 5.41 Å². The summed E-state index contributed by atoms with van der Waals surface area (Å²) in [6.45, 7) is 4.09. The third-order valence-electron chi connectivity index (χ3n) is 3.71. The van der Waals surface area contributed by atoms with Gasteiger partial charge in [0.2, 0.25) is 0 Å². The third-order valence-corrected chi connectivity index (χ3v) is 3.71. The highest BCUT2D eigenvalue weighted by Gasteiger charge is 2.14. The Morgan fingerprint density at radius 2 is 1.71 bits per heavy atom. The molecule has 0 saturated carbocycles. The van der Waals surface area contributed by atoms with Crippen molar-refractivity contribution in [1.82, 2.24) is 4.57 Å². The van der Waals surface area contributed by atoms with E-state index >= 15 is 0 Å². The summed E-state index contributed by atoms with van der Waals surface area (Å²) in [7, 11) is 0. The molecule has 0 fully saturated rings. The Morgan fingerprint density at radius 3 is 2.38 bits per heavy atom. The zero-order valence-electron chi connectivity index (χ0n) is 12.3. The van der Waals surface area contributed by atoms with Gasteiger partial charge in [-0.15, -0.1) is 0 Å². The van der Waals surface area contributed by atoms with E-state index in [1.807, 2.05) is 25.1 Å². The first kappa shape index (κ1) is 13.4. The van der Waals surface area contributed by atoms with Crippen molar-refractivity contribution in [2.75, 3.05) is 0 Å². The number of benzene rings is 2. The van der Waals surface area contributed by atoms with Crippen LogP contribution in [0.1, 0.15) is 23.7 Å². The Bertz CT molecular complexity index is 821. The standard InChI is InChI=1S/C19H18N2/c1-3-6-16-17-7-4-5-8-18(17)21(19(16)13-20)15-11-9-14(2)10-12-15/h3-13,20H,1-2H3/b6-3-,20-13?. The smallest absolute Gasteiger partial charge is 0.0716 e. The summed E-state index contributed by atoms with van der Waals surface area (Å²) in [5.41, 5.74) is 5.47. The molecule has 3 rings (SSSR count). The highest BCUT2D eigenvalue weighted by atomic mass is 15.0. The highest BCUT2D eigenvalue weighted by molar-refractivity contribution is 6.00. The van der Waals surface area contributed by atoms with Gasteiger partial charge in [0.1, 0.15) is 0 Å². The van der Waals surface area contributed by atoms with E-state index in [4.69, 9.17) is 5.41 Å². The molecule has 0 aliphatic heterocycles. The number of fused-ring (bicyclic) bond motifs is 1. The molecule has 0 bridgehead atoms. The monoisotopic (exact) mass is 274 g/mol. The molecular formula is C19H18N2. The van der Waals surface area contributed by atoms with Crippen LogP contribution in [0.15, 0.2) is 54.6 Å². The average molecular weight is 274 g/mol. The number of nitrogens with one attached hydrogen (secondary N) is 1. The quantitative estimate of drug-likeness (QED) is 0.653. The first-order valence-corrected chi connectivity index (χ1v) is 7.10. The molecule has 104 valence electrons. The van der Waals surface area contributed by atoms with Crippen molar-refractivity contribution < 1.29 is 0 Å². The van der Waals surface area contributed by atoms with Crippen molar-refractivity contribution in [2.45, 2.75) is 13.8 Å². The largest absolute Gasteiger partial charge is 0.308 e. The van der Waals surface area contributed by atoms with E-state index in [2.05, 4.69) is 54.0 Å². The van der Waals surface area contributed by atoms with Gasteiger partial charge in [-0.05, 0) is 32.0 Å². The molecule has 1 aromatic heterocycles. The number of hydrogen-bond donors (Lipinski definition) is 1. The number of allylic oxidation sites excluding steroid dienone is 1. The first-order chi connectivity index (χ1) is 10.3. The molecule has 0 aliphatic rings. The van der Waals surface area contributed by atoms with Gasteiger partial charge in [-0.3, -0.25) is 0 Å². The Balaban J connectivity index is 2.40. The van der Waals surface area contributed by atoms with Crippen LogP contribution in [0.5, 0.6) is 0 Å². The van der Waals surface area contributed by atoms with Crippen molar-refractivity contribution in [3.05, 3.63) is 71.4 Å². The zero-order chi connectivity index (χ0) is 14.8. The van der Waals surface area contributed by atoms with Crippen LogP contribution in [0.4, 0.5) is 0 Å². The second-order valence-corrected chi connectivity index (χ2v) is 5.13. The van der Waals surface area contributed by atoms with Crippen molar-refractivity contribution >= 4 is 23.2 Å². The lowest BCUT2D eigenvalue weighted by Crippen LogP contribution is -1.99. The summed E-state index contributed by atoms with van der Waals surface area (Å²) in [5.74, 6) is 0. The summed E-state index contributed by atoms with van der Waals surface area (Å²) in [5, 5.41) is 9.02. The maximum Gasteiger partial charge on any atom is 0.0716 e. The number of aromatic nitrogens is 1. The van der Waals surface area contributed by atoms with Crippen molar-refractivity contribution in [3.8, 4) is 5.69 Å². The highest BCUT2D eigenvalue weighted by Crippen LogP contribution is 2.29. The summed E-state index contributed by atoms with van der Waals surface area (Å²) in [6, 6.07) is 16.7. The molecule has 0 spiro atoms. The maximum absolute atomic E-state index is 7.85. The summed E-state index contributed by atoms with van der Waals surface area (Å²) in [4.78, 5) is 0. The van der Waals surface area contributed by atoms with Crippen LogP contribution in [0.25, 0.3) is 22.7 Å². The Labute approximate surface area is 124 Å². The first-order valence-electron chi connectivity index (χ1n) is 7.10. The topological polar surface area (TPSA) is 28.8 Å². The van der Waals surface area contributed by atoms with Crippen LogP contribution in [0.2, 0.25) is 0 Å². The lowest BCUT2D eigenvalue weighted by atomic mass is 10.1. The number of hydrogen-bond acceptors (Lipinski definition) is 1. The van der Waals surface area contributed by atoms with Gasteiger partial charge in [-0.2, -0.15) is 0 Å². The van der Waals surface area contributed by atoms with Gasteiger partial charge in [0.25, 0.3) is 0 Å². The number of rotatable bonds is 3. The Kier molecular flexibility index (Phi) is 3.44. The second-order valence-electron chi connectivity index (χ2n) is 5.13. The van der Waals surface area contributed by atoms with Crippen LogP contribution >= 0.6 is 0 Å². The van der Waals surface area contributed by atoms with Gasteiger partial charge in [0.05, 0.1) is 11.2 Å². The molecule has 0 saturated heterocycles. The normalized spacial score (nSPS) is 11.3. The van der Waals surface area contributed by atoms with E-state index < -0.39 is 0 Å². The fourth-order valence-electron chi connectivity index (χ4n) is 2.74. The number of aryl methyl sites for hydroxylation is 1. The fraction of sp³-hybridized carbons (Fsp3) is 0.105. The minimum absolute atomic E-state index is 0.915. The van der Waals surface area contributed by atoms with Crippen molar-refractivity contribution in [2.24, 2.45) is 0 Å². The number of para-hydroxylation sites is 1. The molecule has 2 nitrogen and oxygen atoms in total. The SMILES string of the molecule is C/C=C\c1c(C=N)n(-c2ccc(C)cc2)c2ccccc12. The second kappa shape index (κ2) is 5.41. The summed E-state index contributed by atoms with van der Waals surface area (Å²) >= 11 is 0. The fourth-order valence-corrected chi connectivity index (χ4v) is 2.74. The van der Waals surface area contributed by atoms with Gasteiger partial charge in [-0.25, -0.2) is 0 Å². The molecule has 0 radical (unpaired) electrons. The minimum atomic E-state index is 0.915. The molecule has 1 heterocycles. The molecule has 0 amide bonds. The van der Waals surface area contributed by atoms with E-state index in [9.17, 15) is 0 Å². The van der Waals surface area contributed by atoms with E-state index in [1.165, 1.54) is 17.2 Å². The van der Waals surface area contributed by atoms with E-state index in [0.717, 1.165) is 22.5 Å². The molecule has 0 aliphatic carbocycles. The molecular weight excluding hydrogens is 256 g/mol. The van der Waals surface area contributed by atoms with Gasteiger partial charge >= 0.3 is 0 Å². The molecule has 21 heavy (non-hydrogen) atoms. The van der Waals surface area contributed by atoms with Crippen LogP contribution in [-0.2, 0) is 0 Å². The zero-order valence-corrected chi connectivity index (χ0v) is 12.3. The molecule has 0 atom stereocenters. The van der Waals surface area contributed by atoms with E-state index in [0.29, 0.717) is 0 Å². The van der Waals surface area contributed by atoms with Gasteiger partial charge < -0.3 is 9.98 Å². The molecule has 0 unspecified atom stereocenters.